The number of nitrogens with one attached hydrogen (secondary N) is 3. The number of nitrogens with two attached hydrogens (primary N) is 1. The van der Waals surface area contributed by atoms with Crippen LogP contribution < -0.4 is 21.7 Å². The van der Waals surface area contributed by atoms with E-state index in [0.29, 0.717) is 38.8 Å². The molecule has 63 heavy (non-hydrogen) atoms. The van der Waals surface area contributed by atoms with E-state index in [4.69, 9.17) is 35.4 Å². The number of pyridine rings is 2. The maximum Gasteiger partial charge on any atom is 0.320 e. The summed E-state index contributed by atoms with van der Waals surface area (Å²) >= 11 is 0. The molecule has 6 heterocycles. The van der Waals surface area contributed by atoms with Crippen molar-refractivity contribution in [3.8, 4) is 0 Å². The zero-order valence-corrected chi connectivity index (χ0v) is 38.0. The van der Waals surface area contributed by atoms with Gasteiger partial charge in [-0.1, -0.05) is 21.3 Å². The zero-order valence-electron chi connectivity index (χ0n) is 37.2. The predicted octanol–water partition coefficient (Wildman–Crippen LogP) is 5.63. The number of amides is 1. The van der Waals surface area contributed by atoms with E-state index in [0.717, 1.165) is 122 Å². The van der Waals surface area contributed by atoms with Gasteiger partial charge in [0.15, 0.2) is 16.7 Å². The first-order chi connectivity index (χ1) is 29.0. The third-order valence-corrected chi connectivity index (χ3v) is 11.2. The van der Waals surface area contributed by atoms with Crippen molar-refractivity contribution in [1.29, 1.82) is 0 Å². The van der Waals surface area contributed by atoms with Crippen molar-refractivity contribution in [1.82, 2.24) is 34.8 Å². The number of carboxylic acid groups (broad SMARTS) is 3. The normalized spacial score (nSPS) is 14.6. The number of aromatic nitrogens is 6. The van der Waals surface area contributed by atoms with Crippen molar-refractivity contribution in [3.05, 3.63) is 34.9 Å². The number of nitrogens with zero attached hydrogens (tertiary/aromatic N) is 6. The Kier molecular flexibility index (Phi) is 20.7. The van der Waals surface area contributed by atoms with Gasteiger partial charge in [-0.15, -0.1) is 12.4 Å². The summed E-state index contributed by atoms with van der Waals surface area (Å²) in [7, 11) is 0. The lowest BCUT2D eigenvalue weighted by Crippen LogP contribution is -2.42. The largest absolute Gasteiger partial charge is 0.480 e. The van der Waals surface area contributed by atoms with Crippen molar-refractivity contribution in [3.63, 3.8) is 0 Å². The highest BCUT2D eigenvalue weighted by atomic mass is 35.5. The second kappa shape index (κ2) is 24.1. The number of rotatable bonds is 15. The van der Waals surface area contributed by atoms with Crippen molar-refractivity contribution >= 4 is 69.7 Å². The Morgan fingerprint density at radius 3 is 1.41 bits per heavy atom. The van der Waals surface area contributed by atoms with Gasteiger partial charge in [0.25, 0.3) is 0 Å². The van der Waals surface area contributed by atoms with E-state index in [1.165, 1.54) is 13.8 Å². The minimum absolute atomic E-state index is 0. The predicted molar refractivity (Wildman–Crippen MR) is 244 cm³/mol. The zero-order chi connectivity index (χ0) is 45.1. The molecule has 0 atom stereocenters. The molecule has 1 amide bonds. The molecule has 2 aliphatic rings. The van der Waals surface area contributed by atoms with Gasteiger partial charge >= 0.3 is 17.9 Å². The average molecular weight is 906 g/mol. The van der Waals surface area contributed by atoms with Crippen LogP contribution >= 0.6 is 12.4 Å². The molecule has 0 saturated carbocycles. The molecule has 2 aliphatic heterocycles. The number of aryl methyl sites for hydroxylation is 4. The van der Waals surface area contributed by atoms with Crippen LogP contribution in [0.4, 0.5) is 11.4 Å². The molecule has 4 aromatic rings. The van der Waals surface area contributed by atoms with Gasteiger partial charge in [-0.05, 0) is 80.1 Å². The average Bonchev–Trinajstić information content (AvgIpc) is 3.87. The van der Waals surface area contributed by atoms with Gasteiger partial charge in [-0.25, -0.2) is 19.3 Å². The van der Waals surface area contributed by atoms with Crippen LogP contribution in [0.15, 0.2) is 12.4 Å². The van der Waals surface area contributed by atoms with Gasteiger partial charge in [0.1, 0.15) is 5.41 Å². The van der Waals surface area contributed by atoms with Gasteiger partial charge in [0.05, 0.1) is 34.5 Å². The molecule has 19 nitrogen and oxygen atoms in total. The minimum Gasteiger partial charge on any atom is -0.480 e. The van der Waals surface area contributed by atoms with Crippen LogP contribution in [0.3, 0.4) is 0 Å². The smallest absolute Gasteiger partial charge is 0.320 e. The van der Waals surface area contributed by atoms with Crippen LogP contribution in [-0.2, 0) is 67.7 Å². The maximum atomic E-state index is 12.5. The van der Waals surface area contributed by atoms with Crippen LogP contribution in [0, 0.1) is 10.8 Å². The molecule has 20 heteroatoms. The summed E-state index contributed by atoms with van der Waals surface area (Å²) < 4.78 is 14.7. The fraction of sp³-hybridized carbons (Fsp3) is 0.628. The number of carbonyl (C=O) groups is 4. The number of anilines is 2. The Balaban J connectivity index is 0.000000363. The van der Waals surface area contributed by atoms with Crippen LogP contribution in [0.1, 0.15) is 111 Å². The summed E-state index contributed by atoms with van der Waals surface area (Å²) in [6.45, 7) is 18.6. The highest BCUT2D eigenvalue weighted by molar-refractivity contribution is 6.01. The van der Waals surface area contributed by atoms with E-state index in [2.05, 4.69) is 40.0 Å². The molecule has 6 rings (SSSR count). The first-order valence-corrected chi connectivity index (χ1v) is 21.1. The number of ether oxygens (including phenoxy) is 2. The molecule has 0 aromatic carbocycles. The Bertz CT molecular complexity index is 2140. The molecule has 0 radical (unpaired) electrons. The first kappa shape index (κ1) is 54.0. The SMILES string of the molecule is C.CC(C)(C(=O)O)C(=O)O.CCc1nc2c(cnn2CC)c(NC2CCOCC2)c1CN.CCc1nc2c(cnn2CC)c(NC2CCOCC2)c1CNC(=O)C(C)(C)C(=O)O.Cl. The number of carbonyl (C=O) groups excluding carboxylic acids is 1. The van der Waals surface area contributed by atoms with Crippen LogP contribution in [0.5, 0.6) is 0 Å². The lowest BCUT2D eigenvalue weighted by Gasteiger charge is -2.27. The topological polar surface area (TPSA) is 271 Å². The molecular weight excluding hydrogens is 836 g/mol. The van der Waals surface area contributed by atoms with Gasteiger partial charge in [0, 0.05) is 87.2 Å². The van der Waals surface area contributed by atoms with E-state index in [-0.39, 0.29) is 32.4 Å². The van der Waals surface area contributed by atoms with E-state index in [1.54, 1.807) is 6.20 Å². The molecule has 8 N–H and O–H groups in total. The second-order valence-corrected chi connectivity index (χ2v) is 16.0. The lowest BCUT2D eigenvalue weighted by atomic mass is 9.92. The fourth-order valence-electron chi connectivity index (χ4n) is 6.81. The molecule has 0 spiro atoms. The third-order valence-electron chi connectivity index (χ3n) is 11.2. The highest BCUT2D eigenvalue weighted by Gasteiger charge is 2.37. The Morgan fingerprint density at radius 1 is 0.698 bits per heavy atom. The minimum atomic E-state index is -1.67. The van der Waals surface area contributed by atoms with Gasteiger partial charge in [-0.2, -0.15) is 10.2 Å². The number of hydrogen-bond acceptors (Lipinski definition) is 13. The van der Waals surface area contributed by atoms with Crippen LogP contribution in [-0.4, -0.2) is 107 Å². The molecule has 0 unspecified atom stereocenters. The Morgan fingerprint density at radius 2 is 1.08 bits per heavy atom. The monoisotopic (exact) mass is 904 g/mol. The Labute approximate surface area is 375 Å². The summed E-state index contributed by atoms with van der Waals surface area (Å²) in [5.41, 5.74) is 10.6. The number of halogens is 1. The van der Waals surface area contributed by atoms with Gasteiger partial charge in [-0.3, -0.25) is 19.2 Å². The summed E-state index contributed by atoms with van der Waals surface area (Å²) in [6.07, 6.45) is 9.11. The molecular formula is C43H69ClN10O9. The molecule has 352 valence electrons. The highest BCUT2D eigenvalue weighted by Crippen LogP contribution is 2.33. The van der Waals surface area contributed by atoms with Crippen molar-refractivity contribution in [2.45, 2.75) is 140 Å². The van der Waals surface area contributed by atoms with Crippen LogP contribution in [0.2, 0.25) is 0 Å². The number of aliphatic carboxylic acids is 3. The summed E-state index contributed by atoms with van der Waals surface area (Å²) in [4.78, 5) is 53.7. The summed E-state index contributed by atoms with van der Waals surface area (Å²) in [6, 6.07) is 0.684. The van der Waals surface area contributed by atoms with E-state index >= 15 is 0 Å². The maximum absolute atomic E-state index is 12.5. The van der Waals surface area contributed by atoms with E-state index in [1.807, 2.05) is 29.4 Å². The van der Waals surface area contributed by atoms with Crippen molar-refractivity contribution in [2.75, 3.05) is 37.1 Å². The second-order valence-electron chi connectivity index (χ2n) is 16.0. The summed E-state index contributed by atoms with van der Waals surface area (Å²) in [5, 5.41) is 46.9. The number of hydrogen-bond donors (Lipinski definition) is 7. The Hall–Kier alpha value is -5.11. The molecule has 2 saturated heterocycles. The lowest BCUT2D eigenvalue weighted by molar-refractivity contribution is -0.162. The van der Waals surface area contributed by atoms with Gasteiger partial charge < -0.3 is 46.5 Å². The number of carboxylic acids is 3. The standard InChI is InChI=1S/C21H31N5O4.C16H25N5O.C5H8O4.CH4.ClH/c1-5-16-14(11-22-19(27)21(3,4)20(28)29)17(24-13-7-9-30-10-8-13)15-12-23-26(6-2)18(15)25-16;1-3-14-12(9-17)15(19-11-5-7-22-8-6-11)13-10-18-21(4-2)16(13)20-14;1-5(2,3(6)7)4(8)9;;/h12-13H,5-11H2,1-4H3,(H,22,27)(H,24,25)(H,28,29);10-11H,3-9,17H2,1-2H3,(H,19,20);1-2H3,(H,6,7)(H,8,9);1H4;1H. The van der Waals surface area contributed by atoms with Gasteiger partial charge in [0.2, 0.25) is 5.91 Å². The molecule has 0 bridgehead atoms. The van der Waals surface area contributed by atoms with Crippen molar-refractivity contribution in [2.24, 2.45) is 16.6 Å². The first-order valence-electron chi connectivity index (χ1n) is 21.1. The number of fused-ring (bicyclic) bond motifs is 2. The summed E-state index contributed by atoms with van der Waals surface area (Å²) in [5.74, 6) is -4.34. The molecule has 4 aromatic heterocycles. The quantitative estimate of drug-likeness (QED) is 0.0712. The molecule has 0 aliphatic carbocycles. The van der Waals surface area contributed by atoms with Crippen LogP contribution in [0.25, 0.3) is 22.1 Å². The molecule has 2 fully saturated rings. The van der Waals surface area contributed by atoms with E-state index in [9.17, 15) is 24.3 Å². The fourth-order valence-corrected chi connectivity index (χ4v) is 6.81. The van der Waals surface area contributed by atoms with Crippen molar-refractivity contribution < 1.29 is 44.0 Å². The van der Waals surface area contributed by atoms with E-state index < -0.39 is 34.6 Å². The third kappa shape index (κ3) is 12.8.